The molecule has 25 heavy (non-hydrogen) atoms. The Kier molecular flexibility index (Phi) is 5.85. The summed E-state index contributed by atoms with van der Waals surface area (Å²) in [4.78, 5) is 12.7. The van der Waals surface area contributed by atoms with Gasteiger partial charge in [-0.15, -0.1) is 11.8 Å². The first-order chi connectivity index (χ1) is 12.2. The van der Waals surface area contributed by atoms with Gasteiger partial charge >= 0.3 is 5.97 Å². The molecule has 0 aliphatic rings. The first-order valence-corrected chi connectivity index (χ1v) is 8.74. The van der Waals surface area contributed by atoms with Gasteiger partial charge in [-0.1, -0.05) is 35.5 Å². The van der Waals surface area contributed by atoms with E-state index in [0.717, 1.165) is 10.5 Å². The van der Waals surface area contributed by atoms with E-state index in [1.165, 1.54) is 23.9 Å². The van der Waals surface area contributed by atoms with Gasteiger partial charge in [0.25, 0.3) is 0 Å². The molecule has 0 amide bonds. The van der Waals surface area contributed by atoms with Gasteiger partial charge in [-0.05, 0) is 24.3 Å². The SMILES string of the molecule is O=C(CCSc1ccc(F)cc1)OCc1cc(-c2ccccc2)on1. The Labute approximate surface area is 149 Å². The minimum atomic E-state index is -0.307. The molecule has 0 radical (unpaired) electrons. The van der Waals surface area contributed by atoms with Gasteiger partial charge in [0.15, 0.2) is 5.76 Å². The minimum Gasteiger partial charge on any atom is -0.459 e. The summed E-state index contributed by atoms with van der Waals surface area (Å²) >= 11 is 1.48. The van der Waals surface area contributed by atoms with Gasteiger partial charge in [-0.2, -0.15) is 0 Å². The topological polar surface area (TPSA) is 52.3 Å². The Morgan fingerprint density at radius 3 is 2.64 bits per heavy atom. The van der Waals surface area contributed by atoms with Crippen LogP contribution in [0.1, 0.15) is 12.1 Å². The fourth-order valence-corrected chi connectivity index (χ4v) is 2.96. The Balaban J connectivity index is 1.42. The summed E-state index contributed by atoms with van der Waals surface area (Å²) < 4.78 is 23.3. The van der Waals surface area contributed by atoms with Crippen molar-refractivity contribution in [3.63, 3.8) is 0 Å². The maximum Gasteiger partial charge on any atom is 0.307 e. The van der Waals surface area contributed by atoms with Crippen LogP contribution in [-0.4, -0.2) is 16.9 Å². The van der Waals surface area contributed by atoms with Gasteiger partial charge in [0.2, 0.25) is 0 Å². The summed E-state index contributed by atoms with van der Waals surface area (Å²) in [5.74, 6) is 0.627. The van der Waals surface area contributed by atoms with Gasteiger partial charge in [-0.3, -0.25) is 4.79 Å². The number of nitrogens with zero attached hydrogens (tertiary/aromatic N) is 1. The highest BCUT2D eigenvalue weighted by Gasteiger charge is 2.09. The Morgan fingerprint density at radius 1 is 1.12 bits per heavy atom. The van der Waals surface area contributed by atoms with Crippen LogP contribution in [0.4, 0.5) is 4.39 Å². The highest BCUT2D eigenvalue weighted by Crippen LogP contribution is 2.21. The van der Waals surface area contributed by atoms with Crippen molar-refractivity contribution in [2.75, 3.05) is 5.75 Å². The zero-order valence-corrected chi connectivity index (χ0v) is 14.2. The van der Waals surface area contributed by atoms with Gasteiger partial charge in [0, 0.05) is 22.3 Å². The maximum absolute atomic E-state index is 12.8. The summed E-state index contributed by atoms with van der Waals surface area (Å²) in [7, 11) is 0. The average molecular weight is 357 g/mol. The second kappa shape index (κ2) is 8.48. The van der Waals surface area contributed by atoms with Crippen LogP contribution < -0.4 is 0 Å². The van der Waals surface area contributed by atoms with Crippen LogP contribution in [0.5, 0.6) is 0 Å². The van der Waals surface area contributed by atoms with Crippen molar-refractivity contribution in [1.29, 1.82) is 0 Å². The number of hydrogen-bond acceptors (Lipinski definition) is 5. The van der Waals surface area contributed by atoms with E-state index in [-0.39, 0.29) is 24.8 Å². The Hall–Kier alpha value is -2.60. The van der Waals surface area contributed by atoms with Crippen LogP contribution in [0.2, 0.25) is 0 Å². The minimum absolute atomic E-state index is 0.0797. The molecule has 0 aliphatic carbocycles. The third-order valence-electron chi connectivity index (χ3n) is 3.39. The van der Waals surface area contributed by atoms with Gasteiger partial charge in [0.1, 0.15) is 18.1 Å². The first kappa shape index (κ1) is 17.2. The van der Waals surface area contributed by atoms with E-state index in [2.05, 4.69) is 5.16 Å². The number of rotatable bonds is 7. The third kappa shape index (κ3) is 5.19. The molecule has 0 saturated heterocycles. The molecule has 0 atom stereocenters. The van der Waals surface area contributed by atoms with Crippen molar-refractivity contribution in [2.45, 2.75) is 17.9 Å². The highest BCUT2D eigenvalue weighted by molar-refractivity contribution is 7.99. The number of carbonyl (C=O) groups excluding carboxylic acids is 1. The maximum atomic E-state index is 12.8. The van der Waals surface area contributed by atoms with Crippen molar-refractivity contribution in [3.05, 3.63) is 72.2 Å². The number of esters is 1. The molecule has 0 spiro atoms. The molecule has 0 saturated carbocycles. The first-order valence-electron chi connectivity index (χ1n) is 7.76. The molecule has 6 heteroatoms. The largest absolute Gasteiger partial charge is 0.459 e. The van der Waals surface area contributed by atoms with Crippen molar-refractivity contribution < 1.29 is 18.4 Å². The monoisotopic (exact) mass is 357 g/mol. The number of thioether (sulfide) groups is 1. The summed E-state index contributed by atoms with van der Waals surface area (Å²) in [5, 5.41) is 3.91. The van der Waals surface area contributed by atoms with E-state index in [4.69, 9.17) is 9.26 Å². The van der Waals surface area contributed by atoms with Crippen molar-refractivity contribution >= 4 is 17.7 Å². The second-order valence-corrected chi connectivity index (χ2v) is 6.43. The third-order valence-corrected chi connectivity index (χ3v) is 4.40. The molecule has 0 aliphatic heterocycles. The van der Waals surface area contributed by atoms with Gasteiger partial charge < -0.3 is 9.26 Å². The fourth-order valence-electron chi connectivity index (χ4n) is 2.13. The van der Waals surface area contributed by atoms with Crippen LogP contribution in [0.3, 0.4) is 0 Å². The normalized spacial score (nSPS) is 10.6. The van der Waals surface area contributed by atoms with Crippen LogP contribution in [0, 0.1) is 5.82 Å². The smallest absolute Gasteiger partial charge is 0.307 e. The molecule has 0 unspecified atom stereocenters. The number of carbonyl (C=O) groups is 1. The van der Waals surface area contributed by atoms with Crippen molar-refractivity contribution in [1.82, 2.24) is 5.16 Å². The number of benzene rings is 2. The van der Waals surface area contributed by atoms with E-state index < -0.39 is 0 Å². The summed E-state index contributed by atoms with van der Waals surface area (Å²) in [6.45, 7) is 0.0797. The Morgan fingerprint density at radius 2 is 1.88 bits per heavy atom. The standard InChI is InChI=1S/C19H16FNO3S/c20-15-6-8-17(9-7-15)25-11-10-19(22)23-13-16-12-18(24-21-16)14-4-2-1-3-5-14/h1-9,12H,10-11,13H2. The molecule has 1 heterocycles. The summed E-state index contributed by atoms with van der Waals surface area (Å²) in [6, 6.07) is 17.5. The lowest BCUT2D eigenvalue weighted by molar-refractivity contribution is -0.144. The van der Waals surface area contributed by atoms with Crippen LogP contribution in [0.25, 0.3) is 11.3 Å². The van der Waals surface area contributed by atoms with E-state index in [0.29, 0.717) is 17.2 Å². The lowest BCUT2D eigenvalue weighted by Crippen LogP contribution is -2.05. The predicted molar refractivity (Wildman–Crippen MR) is 93.5 cm³/mol. The average Bonchev–Trinajstić information content (AvgIpc) is 3.11. The van der Waals surface area contributed by atoms with Crippen LogP contribution in [-0.2, 0) is 16.1 Å². The lowest BCUT2D eigenvalue weighted by atomic mass is 10.2. The van der Waals surface area contributed by atoms with E-state index in [1.807, 2.05) is 30.3 Å². The highest BCUT2D eigenvalue weighted by atomic mass is 32.2. The lowest BCUT2D eigenvalue weighted by Gasteiger charge is -2.03. The van der Waals surface area contributed by atoms with Crippen molar-refractivity contribution in [3.8, 4) is 11.3 Å². The summed E-state index contributed by atoms with van der Waals surface area (Å²) in [6.07, 6.45) is 0.269. The number of hydrogen-bond donors (Lipinski definition) is 0. The molecule has 2 aromatic carbocycles. The van der Waals surface area contributed by atoms with E-state index >= 15 is 0 Å². The molecule has 128 valence electrons. The van der Waals surface area contributed by atoms with Gasteiger partial charge in [-0.25, -0.2) is 4.39 Å². The number of ether oxygens (including phenoxy) is 1. The molecule has 4 nitrogen and oxygen atoms in total. The molecule has 0 bridgehead atoms. The fraction of sp³-hybridized carbons (Fsp3) is 0.158. The predicted octanol–water partition coefficient (Wildman–Crippen LogP) is 4.71. The summed E-state index contributed by atoms with van der Waals surface area (Å²) in [5.41, 5.74) is 1.49. The number of aromatic nitrogens is 1. The molecule has 0 N–H and O–H groups in total. The van der Waals surface area contributed by atoms with E-state index in [1.54, 1.807) is 18.2 Å². The molecule has 1 aromatic heterocycles. The second-order valence-electron chi connectivity index (χ2n) is 5.26. The van der Waals surface area contributed by atoms with Crippen LogP contribution in [0.15, 0.2) is 70.1 Å². The number of halogens is 1. The zero-order chi connectivity index (χ0) is 17.5. The van der Waals surface area contributed by atoms with Crippen LogP contribution >= 0.6 is 11.8 Å². The van der Waals surface area contributed by atoms with Crippen molar-refractivity contribution in [2.24, 2.45) is 0 Å². The molecular weight excluding hydrogens is 341 g/mol. The molecule has 3 rings (SSSR count). The van der Waals surface area contributed by atoms with Gasteiger partial charge in [0.05, 0.1) is 6.42 Å². The molecule has 0 fully saturated rings. The zero-order valence-electron chi connectivity index (χ0n) is 13.4. The molecular formula is C19H16FNO3S. The Bertz CT molecular complexity index is 818. The molecule has 3 aromatic rings. The quantitative estimate of drug-likeness (QED) is 0.453. The van der Waals surface area contributed by atoms with E-state index in [9.17, 15) is 9.18 Å².